The number of halogens is 5. The molecule has 2 aromatic carbocycles. The van der Waals surface area contributed by atoms with Crippen molar-refractivity contribution in [2.24, 2.45) is 0 Å². The summed E-state index contributed by atoms with van der Waals surface area (Å²) in [5.41, 5.74) is 0. The molecule has 9 heteroatoms. The van der Waals surface area contributed by atoms with Crippen molar-refractivity contribution in [1.82, 2.24) is 0 Å². The lowest BCUT2D eigenvalue weighted by Gasteiger charge is -2.12. The molecule has 0 N–H and O–H groups in total. The predicted molar refractivity (Wildman–Crippen MR) is 100 cm³/mol. The highest BCUT2D eigenvalue weighted by molar-refractivity contribution is 6.55. The molecule has 0 aliphatic rings. The zero-order valence-electron chi connectivity index (χ0n) is 14.5. The molecule has 0 fully saturated rings. The average molecular weight is 437 g/mol. The first-order chi connectivity index (χ1) is 13.3. The van der Waals surface area contributed by atoms with E-state index in [4.69, 9.17) is 37.4 Å². The molecule has 0 bridgehead atoms. The molecule has 2 rings (SSSR count). The molecule has 0 amide bonds. The highest BCUT2D eigenvalue weighted by atomic mass is 35.5. The Morgan fingerprint density at radius 1 is 0.821 bits per heavy atom. The molecule has 0 heterocycles. The van der Waals surface area contributed by atoms with Gasteiger partial charge in [0.1, 0.15) is 22.6 Å². The Bertz CT molecular complexity index is 761. The maximum atomic E-state index is 12.1. The van der Waals surface area contributed by atoms with E-state index in [-0.39, 0.29) is 16.8 Å². The van der Waals surface area contributed by atoms with Crippen LogP contribution < -0.4 is 18.9 Å². The molecular formula is C19H17Cl2F3O4. The topological polar surface area (TPSA) is 36.9 Å². The second kappa shape index (κ2) is 10.9. The fourth-order valence-electron chi connectivity index (χ4n) is 2.05. The Morgan fingerprint density at radius 3 is 2.00 bits per heavy atom. The third-order valence-electron chi connectivity index (χ3n) is 3.20. The van der Waals surface area contributed by atoms with Crippen LogP contribution in [-0.4, -0.2) is 26.2 Å². The molecule has 0 aromatic heterocycles. The van der Waals surface area contributed by atoms with Crippen molar-refractivity contribution in [3.63, 3.8) is 0 Å². The van der Waals surface area contributed by atoms with Crippen LogP contribution >= 0.6 is 23.2 Å². The van der Waals surface area contributed by atoms with E-state index < -0.39 is 6.36 Å². The fraction of sp³-hybridized carbons (Fsp3) is 0.263. The minimum Gasteiger partial charge on any atom is -0.493 e. The summed E-state index contributed by atoms with van der Waals surface area (Å²) in [5, 5.41) is 0. The summed E-state index contributed by atoms with van der Waals surface area (Å²) in [6, 6.07) is 12.3. The molecule has 2 aromatic rings. The van der Waals surface area contributed by atoms with Gasteiger partial charge in [0.2, 0.25) is 0 Å². The Labute approximate surface area is 170 Å². The Kier molecular flexibility index (Phi) is 8.60. The third-order valence-corrected chi connectivity index (χ3v) is 3.51. The van der Waals surface area contributed by atoms with E-state index >= 15 is 0 Å². The van der Waals surface area contributed by atoms with E-state index in [1.807, 2.05) is 12.1 Å². The Balaban J connectivity index is 1.72. The fourth-order valence-corrected chi connectivity index (χ4v) is 2.18. The molecule has 152 valence electrons. The molecule has 0 spiro atoms. The minimum atomic E-state index is -4.72. The Morgan fingerprint density at radius 2 is 1.39 bits per heavy atom. The van der Waals surface area contributed by atoms with Gasteiger partial charge in [-0.05, 0) is 42.5 Å². The molecule has 0 aliphatic heterocycles. The van der Waals surface area contributed by atoms with Crippen LogP contribution in [0.5, 0.6) is 23.0 Å². The van der Waals surface area contributed by atoms with Crippen molar-refractivity contribution in [3.05, 3.63) is 59.1 Å². The van der Waals surface area contributed by atoms with Gasteiger partial charge in [0.15, 0.2) is 11.5 Å². The van der Waals surface area contributed by atoms with Gasteiger partial charge in [0.25, 0.3) is 0 Å². The van der Waals surface area contributed by atoms with Crippen molar-refractivity contribution < 1.29 is 32.1 Å². The molecule has 0 aliphatic carbocycles. The first-order valence-electron chi connectivity index (χ1n) is 8.18. The number of para-hydroxylation sites is 2. The molecule has 0 unspecified atom stereocenters. The van der Waals surface area contributed by atoms with E-state index in [9.17, 15) is 13.2 Å². The zero-order chi connectivity index (χ0) is 20.4. The van der Waals surface area contributed by atoms with E-state index in [2.05, 4.69) is 4.74 Å². The minimum absolute atomic E-state index is 0.119. The summed E-state index contributed by atoms with van der Waals surface area (Å²) in [4.78, 5) is 0. The van der Waals surface area contributed by atoms with Gasteiger partial charge in [0.05, 0.1) is 13.2 Å². The number of hydrogen-bond donors (Lipinski definition) is 0. The standard InChI is InChI=1S/C19H17Cl2F3O4/c20-18(21)10-13-27-17-5-2-1-4-16(17)26-12-3-11-25-14-6-8-15(9-7-14)28-19(22,23)24/h1-2,4-10H,3,11-13H2. The van der Waals surface area contributed by atoms with Crippen LogP contribution in [0.25, 0.3) is 0 Å². The van der Waals surface area contributed by atoms with Gasteiger partial charge < -0.3 is 18.9 Å². The van der Waals surface area contributed by atoms with Crippen LogP contribution in [0.4, 0.5) is 13.2 Å². The number of hydrogen-bond acceptors (Lipinski definition) is 4. The van der Waals surface area contributed by atoms with Crippen LogP contribution in [0, 0.1) is 0 Å². The summed E-state index contributed by atoms with van der Waals surface area (Å²) in [7, 11) is 0. The first-order valence-corrected chi connectivity index (χ1v) is 8.93. The van der Waals surface area contributed by atoms with Crippen molar-refractivity contribution in [2.75, 3.05) is 19.8 Å². The van der Waals surface area contributed by atoms with E-state index in [1.165, 1.54) is 30.3 Å². The first kappa shape index (κ1) is 22.0. The maximum absolute atomic E-state index is 12.1. The summed E-state index contributed by atoms with van der Waals surface area (Å²) >= 11 is 11.1. The van der Waals surface area contributed by atoms with Gasteiger partial charge in [-0.15, -0.1) is 13.2 Å². The lowest BCUT2D eigenvalue weighted by atomic mass is 10.3. The van der Waals surface area contributed by atoms with Crippen molar-refractivity contribution in [2.45, 2.75) is 12.8 Å². The second-order valence-electron chi connectivity index (χ2n) is 5.32. The van der Waals surface area contributed by atoms with E-state index in [1.54, 1.807) is 12.1 Å². The third kappa shape index (κ3) is 8.63. The smallest absolute Gasteiger partial charge is 0.493 e. The monoisotopic (exact) mass is 436 g/mol. The van der Waals surface area contributed by atoms with Gasteiger partial charge in [-0.25, -0.2) is 0 Å². The largest absolute Gasteiger partial charge is 0.573 e. The highest BCUT2D eigenvalue weighted by Gasteiger charge is 2.30. The Hall–Kier alpha value is -2.25. The van der Waals surface area contributed by atoms with Crippen molar-refractivity contribution in [1.29, 1.82) is 0 Å². The van der Waals surface area contributed by atoms with Crippen LogP contribution in [0.3, 0.4) is 0 Å². The molecular weight excluding hydrogens is 420 g/mol. The van der Waals surface area contributed by atoms with Gasteiger partial charge in [0, 0.05) is 6.42 Å². The van der Waals surface area contributed by atoms with E-state index in [0.717, 1.165) is 0 Å². The second-order valence-corrected chi connectivity index (χ2v) is 6.33. The van der Waals surface area contributed by atoms with Crippen LogP contribution in [0.15, 0.2) is 59.1 Å². The molecule has 28 heavy (non-hydrogen) atoms. The van der Waals surface area contributed by atoms with Gasteiger partial charge in [-0.1, -0.05) is 35.3 Å². The molecule has 0 saturated heterocycles. The van der Waals surface area contributed by atoms with Crippen LogP contribution in [-0.2, 0) is 0 Å². The van der Waals surface area contributed by atoms with Crippen LogP contribution in [0.1, 0.15) is 6.42 Å². The van der Waals surface area contributed by atoms with Gasteiger partial charge >= 0.3 is 6.36 Å². The summed E-state index contributed by atoms with van der Waals surface area (Å²) < 4.78 is 56.9. The van der Waals surface area contributed by atoms with Gasteiger partial charge in [-0.3, -0.25) is 0 Å². The molecule has 0 atom stereocenters. The van der Waals surface area contributed by atoms with Crippen molar-refractivity contribution >= 4 is 23.2 Å². The lowest BCUT2D eigenvalue weighted by molar-refractivity contribution is -0.274. The number of ether oxygens (including phenoxy) is 4. The predicted octanol–water partition coefficient (Wildman–Crippen LogP) is 6.13. The average Bonchev–Trinajstić information content (AvgIpc) is 2.62. The van der Waals surface area contributed by atoms with Crippen LogP contribution in [0.2, 0.25) is 0 Å². The zero-order valence-corrected chi connectivity index (χ0v) is 16.1. The highest BCUT2D eigenvalue weighted by Crippen LogP contribution is 2.27. The summed E-state index contributed by atoms with van der Waals surface area (Å²) in [6.07, 6.45) is -2.65. The van der Waals surface area contributed by atoms with Gasteiger partial charge in [-0.2, -0.15) is 0 Å². The van der Waals surface area contributed by atoms with E-state index in [0.29, 0.717) is 36.9 Å². The molecule has 0 saturated carbocycles. The summed E-state index contributed by atoms with van der Waals surface area (Å²) in [5.74, 6) is 1.25. The molecule has 4 nitrogen and oxygen atoms in total. The normalized spacial score (nSPS) is 10.9. The summed E-state index contributed by atoms with van der Waals surface area (Å²) in [6.45, 7) is 0.898. The molecule has 0 radical (unpaired) electrons. The number of alkyl halides is 3. The number of benzene rings is 2. The lowest BCUT2D eigenvalue weighted by Crippen LogP contribution is -2.17. The number of rotatable bonds is 10. The SMILES string of the molecule is FC(F)(F)Oc1ccc(OCCCOc2ccccc2OCC=C(Cl)Cl)cc1. The quantitative estimate of drug-likeness (QED) is 0.419. The maximum Gasteiger partial charge on any atom is 0.573 e. The van der Waals surface area contributed by atoms with Crippen molar-refractivity contribution in [3.8, 4) is 23.0 Å².